The van der Waals surface area contributed by atoms with E-state index in [0.29, 0.717) is 22.5 Å². The summed E-state index contributed by atoms with van der Waals surface area (Å²) in [5.74, 6) is 0.989. The smallest absolute Gasteiger partial charge is 0.329 e. The zero-order chi connectivity index (χ0) is 26.7. The summed E-state index contributed by atoms with van der Waals surface area (Å²) < 4.78 is 11.4. The van der Waals surface area contributed by atoms with E-state index in [1.165, 1.54) is 27.1 Å². The van der Waals surface area contributed by atoms with Crippen molar-refractivity contribution in [3.05, 3.63) is 46.4 Å². The van der Waals surface area contributed by atoms with E-state index in [0.717, 1.165) is 30.5 Å². The number of likely N-dealkylation sites (tertiary alicyclic amines) is 1. The molecule has 2 heterocycles. The first kappa shape index (κ1) is 27.2. The van der Waals surface area contributed by atoms with Crippen molar-refractivity contribution in [2.24, 2.45) is 11.8 Å². The highest BCUT2D eigenvalue weighted by molar-refractivity contribution is 9.10. The van der Waals surface area contributed by atoms with Gasteiger partial charge in [-0.3, -0.25) is 4.79 Å². The van der Waals surface area contributed by atoms with Crippen molar-refractivity contribution in [2.75, 3.05) is 50.6 Å². The molecule has 0 saturated carbocycles. The minimum absolute atomic E-state index is 0.157. The highest BCUT2D eigenvalue weighted by Gasteiger charge is 2.53. The Hall–Kier alpha value is -2.82. The zero-order valence-corrected chi connectivity index (χ0v) is 23.3. The fraction of sp³-hybridized carbons (Fsp3) is 0.481. The van der Waals surface area contributed by atoms with Gasteiger partial charge in [0.1, 0.15) is 11.5 Å². The summed E-state index contributed by atoms with van der Waals surface area (Å²) in [6, 6.07) is 9.18. The summed E-state index contributed by atoms with van der Waals surface area (Å²) in [5, 5.41) is 17.8. The lowest BCUT2D eigenvalue weighted by Gasteiger charge is -2.43. The van der Waals surface area contributed by atoms with E-state index in [9.17, 15) is 14.7 Å². The number of methoxy groups -OCH3 is 2. The lowest BCUT2D eigenvalue weighted by Crippen LogP contribution is -2.63. The number of fused-ring (bicyclic) bond motifs is 1. The first-order valence-corrected chi connectivity index (χ1v) is 13.3. The summed E-state index contributed by atoms with van der Waals surface area (Å²) in [7, 11) is 2.97. The largest absolute Gasteiger partial charge is 0.497 e. The van der Waals surface area contributed by atoms with E-state index in [1.54, 1.807) is 36.4 Å². The molecular weight excluding hydrogens is 540 g/mol. The molecule has 2 atom stereocenters. The molecule has 10 heteroatoms. The number of hydrogen-bond donors (Lipinski definition) is 3. The third kappa shape index (κ3) is 5.56. The molecule has 3 N–H and O–H groups in total. The van der Waals surface area contributed by atoms with Crippen LogP contribution in [0.15, 0.2) is 40.9 Å². The normalized spacial score (nSPS) is 21.1. The average molecular weight is 576 g/mol. The van der Waals surface area contributed by atoms with Gasteiger partial charge in [-0.15, -0.1) is 0 Å². The number of ether oxygens (including phenoxy) is 2. The van der Waals surface area contributed by atoms with Crippen LogP contribution in [0.3, 0.4) is 0 Å². The van der Waals surface area contributed by atoms with Gasteiger partial charge in [0, 0.05) is 29.2 Å². The molecule has 2 aromatic rings. The van der Waals surface area contributed by atoms with Gasteiger partial charge in [0.25, 0.3) is 11.6 Å². The number of piperidine rings is 1. The first-order chi connectivity index (χ1) is 17.7. The van der Waals surface area contributed by atoms with Crippen LogP contribution < -0.4 is 25.0 Å². The summed E-state index contributed by atoms with van der Waals surface area (Å²) in [4.78, 5) is 30.6. The van der Waals surface area contributed by atoms with Gasteiger partial charge in [0.15, 0.2) is 0 Å². The maximum Gasteiger partial charge on any atom is 0.329 e. The minimum Gasteiger partial charge on any atom is -0.497 e. The van der Waals surface area contributed by atoms with E-state index < -0.39 is 17.7 Å². The van der Waals surface area contributed by atoms with Gasteiger partial charge in [-0.05, 0) is 68.1 Å². The quantitative estimate of drug-likeness (QED) is 0.437. The molecule has 1 fully saturated rings. The van der Waals surface area contributed by atoms with Gasteiger partial charge in [-0.1, -0.05) is 29.8 Å². The second kappa shape index (κ2) is 11.3. The molecule has 1 saturated heterocycles. The number of nitrogens with one attached hydrogen (secondary N) is 2. The average Bonchev–Trinajstić information content (AvgIpc) is 2.89. The van der Waals surface area contributed by atoms with Crippen LogP contribution in [-0.2, 0) is 10.5 Å². The van der Waals surface area contributed by atoms with E-state index in [-0.39, 0.29) is 22.9 Å². The molecule has 4 rings (SSSR count). The van der Waals surface area contributed by atoms with Crippen molar-refractivity contribution in [1.82, 2.24) is 10.2 Å². The molecule has 9 nitrogen and oxygen atoms in total. The Labute approximate surface area is 226 Å². The molecule has 0 unspecified atom stereocenters. The number of amides is 3. The minimum atomic E-state index is -2.33. The number of hydrogen-bond acceptors (Lipinski definition) is 6. The van der Waals surface area contributed by atoms with E-state index >= 15 is 0 Å². The van der Waals surface area contributed by atoms with Crippen LogP contribution >= 0.6 is 15.9 Å². The van der Waals surface area contributed by atoms with Crippen LogP contribution in [-0.4, -0.2) is 62.3 Å². The van der Waals surface area contributed by atoms with Crippen molar-refractivity contribution in [1.29, 1.82) is 0 Å². The molecule has 200 valence electrons. The van der Waals surface area contributed by atoms with Crippen molar-refractivity contribution >= 4 is 39.2 Å². The molecular formula is C27H35BrN4O5. The summed E-state index contributed by atoms with van der Waals surface area (Å²) >= 11 is 3.43. The summed E-state index contributed by atoms with van der Waals surface area (Å²) in [5.41, 5.74) is -1.51. The van der Waals surface area contributed by atoms with Gasteiger partial charge >= 0.3 is 6.03 Å². The SMILES string of the molecule is COc1ccc(N2C(=O)Nc3ccc(Br)cc3[C@]2(O)C(=O)NC[C@@H](C)CN2CCC(C)CC2)c(OC)c1. The number of benzene rings is 2. The second-order valence-corrected chi connectivity index (χ2v) is 10.9. The fourth-order valence-corrected chi connectivity index (χ4v) is 5.33. The Kier molecular flexibility index (Phi) is 8.30. The number of rotatable bonds is 8. The number of carbonyl (C=O) groups is 2. The number of urea groups is 1. The molecule has 3 amide bonds. The monoisotopic (exact) mass is 574 g/mol. The van der Waals surface area contributed by atoms with E-state index in [4.69, 9.17) is 9.47 Å². The standard InChI is InChI=1S/C27H35BrN4O5/c1-17-9-11-31(12-10-17)16-18(2)15-29-25(33)27(35)21-13-19(28)5-7-22(21)30-26(34)32(27)23-8-6-20(36-3)14-24(23)37-4/h5-8,13-14,17-18,35H,9-12,15-16H2,1-4H3,(H,29,33)(H,30,34)/t18-,27+/m1/s1. The zero-order valence-electron chi connectivity index (χ0n) is 21.7. The second-order valence-electron chi connectivity index (χ2n) is 9.96. The van der Waals surface area contributed by atoms with Crippen LogP contribution in [0.5, 0.6) is 11.5 Å². The summed E-state index contributed by atoms with van der Waals surface area (Å²) in [6.07, 6.45) is 2.36. The number of halogens is 1. The van der Waals surface area contributed by atoms with E-state index in [1.807, 2.05) is 0 Å². The summed E-state index contributed by atoms with van der Waals surface area (Å²) in [6.45, 7) is 7.66. The first-order valence-electron chi connectivity index (χ1n) is 12.5. The van der Waals surface area contributed by atoms with Gasteiger partial charge in [-0.2, -0.15) is 0 Å². The third-order valence-electron chi connectivity index (χ3n) is 7.13. The maximum atomic E-state index is 13.8. The lowest BCUT2D eigenvalue weighted by molar-refractivity contribution is -0.140. The van der Waals surface area contributed by atoms with Crippen LogP contribution in [0.4, 0.5) is 16.2 Å². The molecule has 2 aromatic carbocycles. The lowest BCUT2D eigenvalue weighted by atomic mass is 9.94. The Bertz CT molecular complexity index is 1150. The van der Waals surface area contributed by atoms with Crippen molar-refractivity contribution in [3.8, 4) is 11.5 Å². The predicted octanol–water partition coefficient (Wildman–Crippen LogP) is 4.15. The van der Waals surface area contributed by atoms with Crippen molar-refractivity contribution in [3.63, 3.8) is 0 Å². The number of anilines is 2. The highest BCUT2D eigenvalue weighted by Crippen LogP contribution is 2.44. The van der Waals surface area contributed by atoms with Crippen LogP contribution in [0.25, 0.3) is 0 Å². The molecule has 0 aromatic heterocycles. The molecule has 0 aliphatic carbocycles. The van der Waals surface area contributed by atoms with Crippen LogP contribution in [0.1, 0.15) is 32.3 Å². The highest BCUT2D eigenvalue weighted by atomic mass is 79.9. The molecule has 0 bridgehead atoms. The molecule has 2 aliphatic rings. The Morgan fingerprint density at radius 2 is 1.95 bits per heavy atom. The van der Waals surface area contributed by atoms with Crippen molar-refractivity contribution in [2.45, 2.75) is 32.4 Å². The Balaban J connectivity index is 1.65. The van der Waals surface area contributed by atoms with Gasteiger partial charge < -0.3 is 30.1 Å². The predicted molar refractivity (Wildman–Crippen MR) is 146 cm³/mol. The third-order valence-corrected chi connectivity index (χ3v) is 7.62. The molecule has 37 heavy (non-hydrogen) atoms. The maximum absolute atomic E-state index is 13.8. The Morgan fingerprint density at radius 3 is 2.62 bits per heavy atom. The number of nitrogens with zero attached hydrogens (tertiary/aromatic N) is 2. The Morgan fingerprint density at radius 1 is 1.22 bits per heavy atom. The van der Waals surface area contributed by atoms with Crippen LogP contribution in [0.2, 0.25) is 0 Å². The fourth-order valence-electron chi connectivity index (χ4n) is 4.97. The topological polar surface area (TPSA) is 103 Å². The number of carbonyl (C=O) groups excluding carboxylic acids is 2. The van der Waals surface area contributed by atoms with Crippen LogP contribution in [0, 0.1) is 11.8 Å². The van der Waals surface area contributed by atoms with Crippen molar-refractivity contribution < 1.29 is 24.2 Å². The molecule has 0 spiro atoms. The van der Waals surface area contributed by atoms with Gasteiger partial charge in [0.2, 0.25) is 0 Å². The molecule has 2 aliphatic heterocycles. The van der Waals surface area contributed by atoms with Gasteiger partial charge in [0.05, 0.1) is 25.6 Å². The molecule has 0 radical (unpaired) electrons. The van der Waals surface area contributed by atoms with Gasteiger partial charge in [-0.25, -0.2) is 9.69 Å². The van der Waals surface area contributed by atoms with E-state index in [2.05, 4.69) is 45.3 Å². The number of aliphatic hydroxyl groups is 1.